The highest BCUT2D eigenvalue weighted by atomic mass is 35.5. The number of rotatable bonds is 6. The van der Waals surface area contributed by atoms with Gasteiger partial charge in [0.1, 0.15) is 0 Å². The topological polar surface area (TPSA) is 89.9 Å². The molecule has 7 nitrogen and oxygen atoms in total. The van der Waals surface area contributed by atoms with Crippen LogP contribution in [0.1, 0.15) is 15.9 Å². The lowest BCUT2D eigenvalue weighted by Gasteiger charge is -2.38. The second-order valence-corrected chi connectivity index (χ2v) is 10.0. The molecule has 0 saturated carbocycles. The number of carboxylic acids is 1. The van der Waals surface area contributed by atoms with Crippen molar-refractivity contribution in [3.05, 3.63) is 82.9 Å². The van der Waals surface area contributed by atoms with E-state index in [0.29, 0.717) is 36.9 Å². The lowest BCUT2D eigenvalue weighted by atomic mass is 10.1. The lowest BCUT2D eigenvalue weighted by Crippen LogP contribution is -2.46. The van der Waals surface area contributed by atoms with Crippen LogP contribution in [0.5, 0.6) is 0 Å². The number of piperazine rings is 1. The number of halogens is 1. The molecule has 0 unspecified atom stereocenters. The Bertz CT molecular complexity index is 1270. The molecule has 3 aromatic rings. The fraction of sp³-hybridized carbons (Fsp3) is 0.208. The van der Waals surface area contributed by atoms with Crippen LogP contribution in [0.25, 0.3) is 0 Å². The molecule has 1 saturated heterocycles. The number of nitrogens with zero attached hydrogens (tertiary/aromatic N) is 2. The average molecular weight is 486 g/mol. The third-order valence-electron chi connectivity index (χ3n) is 5.61. The van der Waals surface area contributed by atoms with Crippen LogP contribution in [0.15, 0.2) is 71.6 Å². The van der Waals surface area contributed by atoms with Gasteiger partial charge in [-0.2, -0.15) is 0 Å². The number of benzene rings is 3. The van der Waals surface area contributed by atoms with Crippen LogP contribution >= 0.6 is 11.6 Å². The van der Waals surface area contributed by atoms with Crippen molar-refractivity contribution >= 4 is 44.7 Å². The molecule has 1 aliphatic rings. The van der Waals surface area contributed by atoms with E-state index in [1.54, 1.807) is 18.2 Å². The minimum atomic E-state index is -3.89. The monoisotopic (exact) mass is 485 g/mol. The Morgan fingerprint density at radius 1 is 0.939 bits per heavy atom. The van der Waals surface area contributed by atoms with E-state index >= 15 is 0 Å². The zero-order valence-corrected chi connectivity index (χ0v) is 19.6. The third kappa shape index (κ3) is 5.23. The first-order valence-corrected chi connectivity index (χ1v) is 12.3. The molecule has 9 heteroatoms. The molecule has 2 N–H and O–H groups in total. The van der Waals surface area contributed by atoms with Crippen molar-refractivity contribution < 1.29 is 18.3 Å². The van der Waals surface area contributed by atoms with Crippen molar-refractivity contribution in [2.75, 3.05) is 40.7 Å². The molecule has 0 radical (unpaired) electrons. The van der Waals surface area contributed by atoms with E-state index in [1.807, 2.05) is 31.2 Å². The summed E-state index contributed by atoms with van der Waals surface area (Å²) in [6, 6.07) is 18.7. The summed E-state index contributed by atoms with van der Waals surface area (Å²) in [4.78, 5) is 15.9. The van der Waals surface area contributed by atoms with E-state index in [0.717, 1.165) is 11.3 Å². The summed E-state index contributed by atoms with van der Waals surface area (Å²) < 4.78 is 28.6. The van der Waals surface area contributed by atoms with Crippen LogP contribution < -0.4 is 14.5 Å². The Labute approximate surface area is 198 Å². The van der Waals surface area contributed by atoms with Crippen LogP contribution in [0.3, 0.4) is 0 Å². The maximum absolute atomic E-state index is 13.0. The largest absolute Gasteiger partial charge is 0.478 e. The van der Waals surface area contributed by atoms with Gasteiger partial charge < -0.3 is 14.9 Å². The van der Waals surface area contributed by atoms with Gasteiger partial charge in [-0.3, -0.25) is 4.72 Å². The number of nitrogens with one attached hydrogen (secondary N) is 1. The highest BCUT2D eigenvalue weighted by Crippen LogP contribution is 2.31. The van der Waals surface area contributed by atoms with E-state index in [-0.39, 0.29) is 16.1 Å². The number of hydrogen-bond donors (Lipinski definition) is 2. The van der Waals surface area contributed by atoms with Gasteiger partial charge in [0.2, 0.25) is 0 Å². The predicted molar refractivity (Wildman–Crippen MR) is 131 cm³/mol. The van der Waals surface area contributed by atoms with Crippen LogP contribution in [0, 0.1) is 6.92 Å². The minimum absolute atomic E-state index is 0.0120. The summed E-state index contributed by atoms with van der Waals surface area (Å²) in [7, 11) is -3.89. The van der Waals surface area contributed by atoms with Crippen molar-refractivity contribution in [1.29, 1.82) is 0 Å². The molecule has 4 rings (SSSR count). The second-order valence-electron chi connectivity index (χ2n) is 7.91. The third-order valence-corrected chi connectivity index (χ3v) is 7.23. The molecule has 1 heterocycles. The zero-order valence-electron chi connectivity index (χ0n) is 18.0. The van der Waals surface area contributed by atoms with Gasteiger partial charge >= 0.3 is 5.97 Å². The summed E-state index contributed by atoms with van der Waals surface area (Å²) in [6.45, 7) is 4.58. The van der Waals surface area contributed by atoms with E-state index in [1.165, 1.54) is 24.3 Å². The molecule has 33 heavy (non-hydrogen) atoms. The zero-order chi connectivity index (χ0) is 23.6. The first kappa shape index (κ1) is 22.9. The van der Waals surface area contributed by atoms with Crippen molar-refractivity contribution in [1.82, 2.24) is 0 Å². The van der Waals surface area contributed by atoms with Crippen LogP contribution in [-0.4, -0.2) is 45.7 Å². The van der Waals surface area contributed by atoms with Gasteiger partial charge in [-0.15, -0.1) is 0 Å². The summed E-state index contributed by atoms with van der Waals surface area (Å²) in [5, 5.41) is 10.1. The first-order chi connectivity index (χ1) is 15.7. The number of carboxylic acid groups (broad SMARTS) is 1. The molecule has 0 aromatic heterocycles. The quantitative estimate of drug-likeness (QED) is 0.535. The van der Waals surface area contributed by atoms with Gasteiger partial charge in [-0.1, -0.05) is 35.4 Å². The Morgan fingerprint density at radius 2 is 1.61 bits per heavy atom. The lowest BCUT2D eigenvalue weighted by molar-refractivity contribution is 0.0697. The second kappa shape index (κ2) is 9.33. The maximum Gasteiger partial charge on any atom is 0.335 e. The molecule has 0 atom stereocenters. The molecule has 1 fully saturated rings. The number of aryl methyl sites for hydroxylation is 1. The Kier molecular flexibility index (Phi) is 6.49. The standard InChI is InChI=1S/C24H24ClN3O4S/c1-17-5-8-21(9-6-17)33(31,32)26-22-15-18(24(29)30)7-10-23(22)28-13-11-27(12-14-28)20-4-2-3-19(25)16-20/h2-10,15-16,26H,11-14H2,1H3,(H,29,30). The highest BCUT2D eigenvalue weighted by molar-refractivity contribution is 7.92. The van der Waals surface area contributed by atoms with E-state index < -0.39 is 16.0 Å². The number of carbonyl (C=O) groups is 1. The first-order valence-electron chi connectivity index (χ1n) is 10.5. The molecule has 172 valence electrons. The van der Waals surface area contributed by atoms with Gasteiger partial charge in [0.25, 0.3) is 10.0 Å². The summed E-state index contributed by atoms with van der Waals surface area (Å²) in [5.41, 5.74) is 2.87. The number of aromatic carboxylic acids is 1. The summed E-state index contributed by atoms with van der Waals surface area (Å²) in [6.07, 6.45) is 0. The van der Waals surface area contributed by atoms with Crippen molar-refractivity contribution in [2.45, 2.75) is 11.8 Å². The smallest absolute Gasteiger partial charge is 0.335 e. The normalized spacial score (nSPS) is 14.2. The van der Waals surface area contributed by atoms with Gasteiger partial charge in [-0.05, 0) is 55.5 Å². The van der Waals surface area contributed by atoms with Crippen LogP contribution in [0.2, 0.25) is 5.02 Å². The maximum atomic E-state index is 13.0. The van der Waals surface area contributed by atoms with Crippen molar-refractivity contribution in [3.63, 3.8) is 0 Å². The van der Waals surface area contributed by atoms with Crippen LogP contribution in [-0.2, 0) is 10.0 Å². The molecular formula is C24H24ClN3O4S. The number of hydrogen-bond acceptors (Lipinski definition) is 5. The summed E-state index contributed by atoms with van der Waals surface area (Å²) >= 11 is 6.12. The highest BCUT2D eigenvalue weighted by Gasteiger charge is 2.23. The minimum Gasteiger partial charge on any atom is -0.478 e. The Hall–Kier alpha value is -3.23. The molecular weight excluding hydrogens is 462 g/mol. The predicted octanol–water partition coefficient (Wildman–Crippen LogP) is 4.47. The van der Waals surface area contributed by atoms with Gasteiger partial charge in [0, 0.05) is 36.9 Å². The Balaban J connectivity index is 1.60. The molecule has 0 bridgehead atoms. The number of anilines is 3. The van der Waals surface area contributed by atoms with E-state index in [9.17, 15) is 18.3 Å². The van der Waals surface area contributed by atoms with Crippen molar-refractivity contribution in [2.24, 2.45) is 0 Å². The van der Waals surface area contributed by atoms with E-state index in [4.69, 9.17) is 11.6 Å². The fourth-order valence-corrected chi connectivity index (χ4v) is 5.08. The fourth-order valence-electron chi connectivity index (χ4n) is 3.83. The SMILES string of the molecule is Cc1ccc(S(=O)(=O)Nc2cc(C(=O)O)ccc2N2CCN(c3cccc(Cl)c3)CC2)cc1. The van der Waals surface area contributed by atoms with Crippen molar-refractivity contribution in [3.8, 4) is 0 Å². The average Bonchev–Trinajstić information content (AvgIpc) is 2.79. The molecule has 1 aliphatic heterocycles. The summed E-state index contributed by atoms with van der Waals surface area (Å²) in [5.74, 6) is -1.12. The Morgan fingerprint density at radius 3 is 2.24 bits per heavy atom. The molecule has 0 aliphatic carbocycles. The molecule has 3 aromatic carbocycles. The van der Waals surface area contributed by atoms with E-state index in [2.05, 4.69) is 14.5 Å². The van der Waals surface area contributed by atoms with Gasteiger partial charge in [0.05, 0.1) is 21.8 Å². The molecule has 0 spiro atoms. The molecule has 0 amide bonds. The van der Waals surface area contributed by atoms with Gasteiger partial charge in [-0.25, -0.2) is 13.2 Å². The van der Waals surface area contributed by atoms with Crippen LogP contribution in [0.4, 0.5) is 17.1 Å². The number of sulfonamides is 1. The van der Waals surface area contributed by atoms with Gasteiger partial charge in [0.15, 0.2) is 0 Å².